The minimum Gasteiger partial charge on any atom is -0.481 e. The molecule has 3 rings (SSSR count). The summed E-state index contributed by atoms with van der Waals surface area (Å²) in [6.07, 6.45) is -2.44. The van der Waals surface area contributed by atoms with E-state index in [0.29, 0.717) is 18.8 Å². The Kier molecular flexibility index (Phi) is 5.01. The molecule has 0 radical (unpaired) electrons. The van der Waals surface area contributed by atoms with Crippen LogP contribution in [0.1, 0.15) is 23.5 Å². The van der Waals surface area contributed by atoms with Gasteiger partial charge in [0.15, 0.2) is 0 Å². The maximum absolute atomic E-state index is 12.3. The molecule has 1 aliphatic rings. The van der Waals surface area contributed by atoms with Gasteiger partial charge >= 0.3 is 6.36 Å². The predicted octanol–water partition coefficient (Wildman–Crippen LogP) is 3.41. The maximum Gasteiger partial charge on any atom is 0.573 e. The number of methoxy groups -OCH3 is 1. The van der Waals surface area contributed by atoms with Gasteiger partial charge in [-0.1, -0.05) is 18.2 Å². The molecule has 0 spiro atoms. The van der Waals surface area contributed by atoms with Crippen LogP contribution in [-0.2, 0) is 11.3 Å². The van der Waals surface area contributed by atoms with Gasteiger partial charge in [-0.25, -0.2) is 4.98 Å². The van der Waals surface area contributed by atoms with Gasteiger partial charge in [0.25, 0.3) is 0 Å². The summed E-state index contributed by atoms with van der Waals surface area (Å²) in [5, 5.41) is 2.85. The molecule has 2 atom stereocenters. The van der Waals surface area contributed by atoms with Gasteiger partial charge in [-0.2, -0.15) is 0 Å². The summed E-state index contributed by atoms with van der Waals surface area (Å²) in [7, 11) is 1.51. The molecule has 1 aromatic heterocycles. The van der Waals surface area contributed by atoms with Gasteiger partial charge in [-0.05, 0) is 36.1 Å². The number of benzene rings is 1. The van der Waals surface area contributed by atoms with Crippen LogP contribution in [0.25, 0.3) is 0 Å². The maximum atomic E-state index is 12.3. The van der Waals surface area contributed by atoms with Crippen LogP contribution in [0.5, 0.6) is 11.6 Å². The number of aromatic nitrogens is 1. The number of alkyl halides is 3. The largest absolute Gasteiger partial charge is 0.573 e. The minimum atomic E-state index is -4.71. The lowest BCUT2D eigenvalue weighted by Gasteiger charge is -2.10. The highest BCUT2D eigenvalue weighted by atomic mass is 19.4. The van der Waals surface area contributed by atoms with E-state index in [1.165, 1.54) is 19.2 Å². The van der Waals surface area contributed by atoms with Crippen molar-refractivity contribution < 1.29 is 27.4 Å². The average molecular weight is 366 g/mol. The number of nitrogens with one attached hydrogen (secondary N) is 1. The monoisotopic (exact) mass is 366 g/mol. The minimum absolute atomic E-state index is 0.00531. The quantitative estimate of drug-likeness (QED) is 0.851. The molecule has 26 heavy (non-hydrogen) atoms. The van der Waals surface area contributed by atoms with E-state index in [1.807, 2.05) is 6.07 Å². The molecule has 138 valence electrons. The average Bonchev–Trinajstić information content (AvgIpc) is 3.40. The molecular weight excluding hydrogens is 349 g/mol. The van der Waals surface area contributed by atoms with Gasteiger partial charge < -0.3 is 14.8 Å². The normalized spacial score (nSPS) is 18.9. The first-order valence-electron chi connectivity index (χ1n) is 7.98. The van der Waals surface area contributed by atoms with Gasteiger partial charge in [0.2, 0.25) is 11.8 Å². The Hall–Kier alpha value is -2.77. The number of nitrogens with zero attached hydrogens (tertiary/aromatic N) is 1. The molecule has 0 aliphatic heterocycles. The fourth-order valence-corrected chi connectivity index (χ4v) is 2.83. The molecule has 1 amide bonds. The predicted molar refractivity (Wildman–Crippen MR) is 86.6 cm³/mol. The molecule has 8 heteroatoms. The zero-order valence-corrected chi connectivity index (χ0v) is 13.9. The van der Waals surface area contributed by atoms with Gasteiger partial charge in [-0.3, -0.25) is 4.79 Å². The van der Waals surface area contributed by atoms with Gasteiger partial charge in [0.05, 0.1) is 7.11 Å². The van der Waals surface area contributed by atoms with Crippen molar-refractivity contribution >= 4 is 5.91 Å². The van der Waals surface area contributed by atoms with Gasteiger partial charge in [0.1, 0.15) is 5.75 Å². The van der Waals surface area contributed by atoms with E-state index in [4.69, 9.17) is 4.74 Å². The number of hydrogen-bond donors (Lipinski definition) is 1. The van der Waals surface area contributed by atoms with E-state index in [-0.39, 0.29) is 23.5 Å². The van der Waals surface area contributed by atoms with Gasteiger partial charge in [0, 0.05) is 24.2 Å². The first kappa shape index (κ1) is 18.0. The lowest BCUT2D eigenvalue weighted by atomic mass is 10.1. The van der Waals surface area contributed by atoms with E-state index >= 15 is 0 Å². The summed E-state index contributed by atoms with van der Waals surface area (Å²) in [4.78, 5) is 16.3. The fraction of sp³-hybridized carbons (Fsp3) is 0.333. The van der Waals surface area contributed by atoms with E-state index in [0.717, 1.165) is 11.1 Å². The topological polar surface area (TPSA) is 60.5 Å². The van der Waals surface area contributed by atoms with Crippen LogP contribution in [-0.4, -0.2) is 24.4 Å². The van der Waals surface area contributed by atoms with Crippen molar-refractivity contribution in [2.45, 2.75) is 25.2 Å². The van der Waals surface area contributed by atoms with Crippen molar-refractivity contribution in [3.8, 4) is 11.6 Å². The van der Waals surface area contributed by atoms with Crippen LogP contribution in [0.2, 0.25) is 0 Å². The highest BCUT2D eigenvalue weighted by Crippen LogP contribution is 2.48. The standard InChI is InChI=1S/C18H17F3N2O3/c1-25-17-12(3-2-8-22-17)10-23-16(24)15-9-14(15)11-4-6-13(7-5-11)26-18(19,20)21/h2-8,14-15H,9-10H2,1H3,(H,23,24)/t14-,15+/m0/s1. The summed E-state index contributed by atoms with van der Waals surface area (Å²) in [6, 6.07) is 9.21. The molecule has 1 heterocycles. The van der Waals surface area contributed by atoms with Crippen LogP contribution >= 0.6 is 0 Å². The molecule has 0 unspecified atom stereocenters. The molecule has 1 aromatic carbocycles. The van der Waals surface area contributed by atoms with E-state index in [9.17, 15) is 18.0 Å². The lowest BCUT2D eigenvalue weighted by Crippen LogP contribution is -2.25. The number of halogens is 3. The van der Waals surface area contributed by atoms with Crippen LogP contribution in [0.15, 0.2) is 42.6 Å². The highest BCUT2D eigenvalue weighted by Gasteiger charge is 2.43. The smallest absolute Gasteiger partial charge is 0.481 e. The molecule has 0 bridgehead atoms. The number of pyridine rings is 1. The molecule has 1 aliphatic carbocycles. The Balaban J connectivity index is 1.54. The third-order valence-corrected chi connectivity index (χ3v) is 4.17. The van der Waals surface area contributed by atoms with Crippen LogP contribution in [0.3, 0.4) is 0 Å². The fourth-order valence-electron chi connectivity index (χ4n) is 2.83. The Morgan fingerprint density at radius 2 is 2.00 bits per heavy atom. The van der Waals surface area contributed by atoms with Crippen molar-refractivity contribution in [3.63, 3.8) is 0 Å². The SMILES string of the molecule is COc1ncccc1CNC(=O)[C@@H]1C[C@H]1c1ccc(OC(F)(F)F)cc1. The molecule has 5 nitrogen and oxygen atoms in total. The summed E-state index contributed by atoms with van der Waals surface area (Å²) in [6.45, 7) is 0.303. The van der Waals surface area contributed by atoms with Crippen molar-refractivity contribution in [1.29, 1.82) is 0 Å². The van der Waals surface area contributed by atoms with Crippen molar-refractivity contribution in [3.05, 3.63) is 53.7 Å². The molecular formula is C18H17F3N2O3. The first-order chi connectivity index (χ1) is 12.4. The second kappa shape index (κ2) is 7.23. The Morgan fingerprint density at radius 1 is 1.27 bits per heavy atom. The lowest BCUT2D eigenvalue weighted by molar-refractivity contribution is -0.274. The van der Waals surface area contributed by atoms with Crippen LogP contribution in [0, 0.1) is 5.92 Å². The first-order valence-corrected chi connectivity index (χ1v) is 7.98. The number of amides is 1. The van der Waals surface area contributed by atoms with E-state index in [2.05, 4.69) is 15.0 Å². The number of carbonyl (C=O) groups is 1. The Morgan fingerprint density at radius 3 is 2.65 bits per heavy atom. The molecule has 2 aromatic rings. The zero-order chi connectivity index (χ0) is 18.7. The van der Waals surface area contributed by atoms with Gasteiger partial charge in [-0.15, -0.1) is 13.2 Å². The summed E-state index contributed by atoms with van der Waals surface area (Å²) in [5.41, 5.74) is 1.59. The summed E-state index contributed by atoms with van der Waals surface area (Å²) in [5.74, 6) is -0.0960. The Labute approximate surface area is 148 Å². The molecule has 1 fully saturated rings. The van der Waals surface area contributed by atoms with Crippen LogP contribution < -0.4 is 14.8 Å². The third-order valence-electron chi connectivity index (χ3n) is 4.17. The number of hydrogen-bond acceptors (Lipinski definition) is 4. The molecule has 1 saturated carbocycles. The Bertz CT molecular complexity index is 778. The second-order valence-electron chi connectivity index (χ2n) is 5.96. The van der Waals surface area contributed by atoms with E-state index in [1.54, 1.807) is 24.4 Å². The van der Waals surface area contributed by atoms with Crippen LogP contribution in [0.4, 0.5) is 13.2 Å². The zero-order valence-electron chi connectivity index (χ0n) is 13.9. The molecule has 1 N–H and O–H groups in total. The summed E-state index contributed by atoms with van der Waals surface area (Å²) < 4.78 is 45.5. The molecule has 0 saturated heterocycles. The van der Waals surface area contributed by atoms with Crippen molar-refractivity contribution in [2.24, 2.45) is 5.92 Å². The second-order valence-corrected chi connectivity index (χ2v) is 5.96. The summed E-state index contributed by atoms with van der Waals surface area (Å²) >= 11 is 0. The number of ether oxygens (including phenoxy) is 2. The van der Waals surface area contributed by atoms with Crippen molar-refractivity contribution in [1.82, 2.24) is 10.3 Å². The highest BCUT2D eigenvalue weighted by molar-refractivity contribution is 5.82. The third kappa shape index (κ3) is 4.44. The number of rotatable bonds is 6. The number of carbonyl (C=O) groups excluding carboxylic acids is 1. The van der Waals surface area contributed by atoms with E-state index < -0.39 is 6.36 Å². The van der Waals surface area contributed by atoms with Crippen molar-refractivity contribution in [2.75, 3.05) is 7.11 Å².